The number of aliphatic hydroxyl groups excluding tert-OH is 2. The standard InChI is InChI=1S/C17H21FO2/c1-2-13-9-14(17(11-20)16(13)10-19)7-6-12-4-3-5-15(18)8-12/h2-8,13-14,16-17,19-20H,1,9-11H2/b7-6-/t13-,14+,16+,17-/m0/s1. The Morgan fingerprint density at radius 1 is 1.20 bits per heavy atom. The van der Waals surface area contributed by atoms with Gasteiger partial charge in [-0.25, -0.2) is 4.39 Å². The van der Waals surface area contributed by atoms with Crippen LogP contribution in [0.1, 0.15) is 12.0 Å². The van der Waals surface area contributed by atoms with Crippen LogP contribution in [0.4, 0.5) is 4.39 Å². The summed E-state index contributed by atoms with van der Waals surface area (Å²) in [7, 11) is 0. The van der Waals surface area contributed by atoms with E-state index in [-0.39, 0.29) is 42.7 Å². The third-order valence-electron chi connectivity index (χ3n) is 4.30. The van der Waals surface area contributed by atoms with E-state index < -0.39 is 0 Å². The summed E-state index contributed by atoms with van der Waals surface area (Å²) in [6.45, 7) is 3.92. The number of rotatable bonds is 5. The Morgan fingerprint density at radius 2 is 1.90 bits per heavy atom. The lowest BCUT2D eigenvalue weighted by molar-refractivity contribution is 0.118. The average molecular weight is 276 g/mol. The van der Waals surface area contributed by atoms with Gasteiger partial charge in [0.15, 0.2) is 0 Å². The summed E-state index contributed by atoms with van der Waals surface area (Å²) in [4.78, 5) is 0. The molecule has 0 bridgehead atoms. The highest BCUT2D eigenvalue weighted by Crippen LogP contribution is 2.42. The van der Waals surface area contributed by atoms with Crippen LogP contribution >= 0.6 is 0 Å². The minimum atomic E-state index is -0.255. The fourth-order valence-corrected chi connectivity index (χ4v) is 3.18. The molecule has 0 spiro atoms. The minimum Gasteiger partial charge on any atom is -0.396 e. The van der Waals surface area contributed by atoms with Crippen LogP contribution in [0.25, 0.3) is 6.08 Å². The molecule has 0 aromatic heterocycles. The van der Waals surface area contributed by atoms with Crippen molar-refractivity contribution < 1.29 is 14.6 Å². The van der Waals surface area contributed by atoms with Gasteiger partial charge in [0.1, 0.15) is 5.82 Å². The number of benzene rings is 1. The summed E-state index contributed by atoms with van der Waals surface area (Å²) in [6, 6.07) is 6.42. The number of hydrogen-bond acceptors (Lipinski definition) is 2. The average Bonchev–Trinajstić information content (AvgIpc) is 2.81. The van der Waals surface area contributed by atoms with Crippen molar-refractivity contribution >= 4 is 6.08 Å². The Labute approximate surface area is 119 Å². The van der Waals surface area contributed by atoms with Crippen LogP contribution in [0.3, 0.4) is 0 Å². The molecule has 1 aromatic carbocycles. The molecular formula is C17H21FO2. The van der Waals surface area contributed by atoms with E-state index in [2.05, 4.69) is 6.58 Å². The van der Waals surface area contributed by atoms with Crippen LogP contribution in [0, 0.1) is 29.5 Å². The second kappa shape index (κ2) is 6.82. The Balaban J connectivity index is 2.13. The molecule has 20 heavy (non-hydrogen) atoms. The van der Waals surface area contributed by atoms with Gasteiger partial charge in [-0.1, -0.05) is 30.4 Å². The molecule has 0 aliphatic heterocycles. The minimum absolute atomic E-state index is 0.0350. The van der Waals surface area contributed by atoms with E-state index in [0.717, 1.165) is 12.0 Å². The van der Waals surface area contributed by atoms with Crippen LogP contribution in [0.2, 0.25) is 0 Å². The first-order valence-electron chi connectivity index (χ1n) is 6.97. The molecule has 1 aliphatic rings. The van der Waals surface area contributed by atoms with Gasteiger partial charge in [-0.2, -0.15) is 0 Å². The SMILES string of the molecule is C=C[C@H]1C[C@@H](/C=C\c2cccc(F)c2)[C@H](CO)[C@@H]1CO. The second-order valence-corrected chi connectivity index (χ2v) is 5.41. The fourth-order valence-electron chi connectivity index (χ4n) is 3.18. The van der Waals surface area contributed by atoms with Gasteiger partial charge in [0, 0.05) is 13.2 Å². The van der Waals surface area contributed by atoms with Crippen LogP contribution in [-0.4, -0.2) is 23.4 Å². The number of hydrogen-bond donors (Lipinski definition) is 2. The molecule has 1 fully saturated rings. The third-order valence-corrected chi connectivity index (χ3v) is 4.30. The van der Waals surface area contributed by atoms with E-state index in [0.29, 0.717) is 0 Å². The maximum absolute atomic E-state index is 13.1. The summed E-state index contributed by atoms with van der Waals surface area (Å²) < 4.78 is 13.1. The van der Waals surface area contributed by atoms with E-state index in [1.165, 1.54) is 12.1 Å². The maximum Gasteiger partial charge on any atom is 0.123 e. The zero-order valence-electron chi connectivity index (χ0n) is 11.5. The van der Waals surface area contributed by atoms with Crippen molar-refractivity contribution in [1.82, 2.24) is 0 Å². The van der Waals surface area contributed by atoms with Crippen molar-refractivity contribution in [2.75, 3.05) is 13.2 Å². The molecule has 3 heteroatoms. The summed E-state index contributed by atoms with van der Waals surface area (Å²) in [5, 5.41) is 19.0. The molecule has 0 saturated heterocycles. The van der Waals surface area contributed by atoms with Gasteiger partial charge >= 0.3 is 0 Å². The fraction of sp³-hybridized carbons (Fsp3) is 0.412. The molecule has 2 rings (SSSR count). The second-order valence-electron chi connectivity index (χ2n) is 5.41. The van der Waals surface area contributed by atoms with Gasteiger partial charge in [-0.15, -0.1) is 6.58 Å². The molecule has 1 aromatic rings. The topological polar surface area (TPSA) is 40.5 Å². The van der Waals surface area contributed by atoms with E-state index in [4.69, 9.17) is 0 Å². The van der Waals surface area contributed by atoms with Crippen molar-refractivity contribution in [1.29, 1.82) is 0 Å². The largest absolute Gasteiger partial charge is 0.396 e. The Morgan fingerprint density at radius 3 is 2.50 bits per heavy atom. The maximum atomic E-state index is 13.1. The molecule has 0 amide bonds. The first-order valence-corrected chi connectivity index (χ1v) is 6.97. The van der Waals surface area contributed by atoms with Gasteiger partial charge in [0.25, 0.3) is 0 Å². The lowest BCUT2D eigenvalue weighted by Crippen LogP contribution is -2.23. The number of allylic oxidation sites excluding steroid dienone is 2. The van der Waals surface area contributed by atoms with Crippen molar-refractivity contribution in [3.8, 4) is 0 Å². The molecule has 0 radical (unpaired) electrons. The van der Waals surface area contributed by atoms with Gasteiger partial charge in [0.2, 0.25) is 0 Å². The Hall–Kier alpha value is -1.45. The predicted octanol–water partition coefficient (Wildman–Crippen LogP) is 2.88. The van der Waals surface area contributed by atoms with Crippen molar-refractivity contribution in [3.63, 3.8) is 0 Å². The first kappa shape index (κ1) is 14.9. The molecule has 0 heterocycles. The van der Waals surface area contributed by atoms with Crippen LogP contribution in [-0.2, 0) is 0 Å². The highest BCUT2D eigenvalue weighted by Gasteiger charge is 2.39. The molecule has 4 atom stereocenters. The predicted molar refractivity (Wildman–Crippen MR) is 78.4 cm³/mol. The van der Waals surface area contributed by atoms with E-state index in [9.17, 15) is 14.6 Å². The van der Waals surface area contributed by atoms with Crippen LogP contribution < -0.4 is 0 Å². The summed E-state index contributed by atoms with van der Waals surface area (Å²) in [5.74, 6) is 0.240. The summed E-state index contributed by atoms with van der Waals surface area (Å²) in [6.07, 6.45) is 6.63. The van der Waals surface area contributed by atoms with Gasteiger partial charge in [0.05, 0.1) is 0 Å². The molecule has 2 N–H and O–H groups in total. The van der Waals surface area contributed by atoms with Gasteiger partial charge in [-0.05, 0) is 47.8 Å². The van der Waals surface area contributed by atoms with Crippen molar-refractivity contribution in [3.05, 3.63) is 54.4 Å². The quantitative estimate of drug-likeness (QED) is 0.812. The normalized spacial score (nSPS) is 29.9. The van der Waals surface area contributed by atoms with Crippen molar-refractivity contribution in [2.45, 2.75) is 6.42 Å². The van der Waals surface area contributed by atoms with E-state index >= 15 is 0 Å². The number of aliphatic hydroxyl groups is 2. The Bertz CT molecular complexity index is 484. The zero-order valence-corrected chi connectivity index (χ0v) is 11.5. The summed E-state index contributed by atoms with van der Waals surface area (Å²) in [5.41, 5.74) is 0.810. The highest BCUT2D eigenvalue weighted by atomic mass is 19.1. The van der Waals surface area contributed by atoms with E-state index in [1.54, 1.807) is 6.07 Å². The Kier molecular flexibility index (Phi) is 5.10. The smallest absolute Gasteiger partial charge is 0.123 e. The molecule has 0 unspecified atom stereocenters. The number of halogens is 1. The molecule has 2 nitrogen and oxygen atoms in total. The van der Waals surface area contributed by atoms with Gasteiger partial charge < -0.3 is 10.2 Å². The van der Waals surface area contributed by atoms with E-state index in [1.807, 2.05) is 24.3 Å². The first-order chi connectivity index (χ1) is 9.69. The zero-order chi connectivity index (χ0) is 14.5. The third kappa shape index (κ3) is 3.17. The lowest BCUT2D eigenvalue weighted by atomic mass is 9.88. The highest BCUT2D eigenvalue weighted by molar-refractivity contribution is 5.49. The van der Waals surface area contributed by atoms with Gasteiger partial charge in [-0.3, -0.25) is 0 Å². The molecular weight excluding hydrogens is 255 g/mol. The molecule has 1 aliphatic carbocycles. The van der Waals surface area contributed by atoms with Crippen LogP contribution in [0.15, 0.2) is 43.0 Å². The molecule has 108 valence electrons. The molecule has 1 saturated carbocycles. The monoisotopic (exact) mass is 276 g/mol. The van der Waals surface area contributed by atoms with Crippen molar-refractivity contribution in [2.24, 2.45) is 23.7 Å². The summed E-state index contributed by atoms with van der Waals surface area (Å²) >= 11 is 0. The lowest BCUT2D eigenvalue weighted by Gasteiger charge is -2.20. The van der Waals surface area contributed by atoms with Crippen LogP contribution in [0.5, 0.6) is 0 Å².